The van der Waals surface area contributed by atoms with E-state index in [-0.39, 0.29) is 18.4 Å². The maximum absolute atomic E-state index is 12.5. The Morgan fingerprint density at radius 3 is 2.03 bits per heavy atom. The predicted octanol–water partition coefficient (Wildman–Crippen LogP) is 2.91. The van der Waals surface area contributed by atoms with Crippen molar-refractivity contribution in [3.8, 4) is 17.2 Å². The van der Waals surface area contributed by atoms with Crippen LogP contribution in [0, 0.1) is 6.92 Å². The Hall–Kier alpha value is -3.22. The number of rotatable bonds is 9. The first-order chi connectivity index (χ1) is 15.1. The van der Waals surface area contributed by atoms with Crippen molar-refractivity contribution in [1.82, 2.24) is 9.80 Å². The second-order valence-corrected chi connectivity index (χ2v) is 7.42. The minimum atomic E-state index is -0.0929. The molecule has 7 nitrogen and oxygen atoms in total. The highest BCUT2D eigenvalue weighted by molar-refractivity contribution is 5.79. The number of carbonyl (C=O) groups is 2. The Morgan fingerprint density at radius 2 is 1.39 bits per heavy atom. The van der Waals surface area contributed by atoms with Gasteiger partial charge >= 0.3 is 0 Å². The van der Waals surface area contributed by atoms with Crippen LogP contribution in [-0.4, -0.2) is 68.1 Å². The molecule has 0 spiro atoms. The van der Waals surface area contributed by atoms with E-state index in [4.69, 9.17) is 14.2 Å². The molecule has 0 aromatic heterocycles. The van der Waals surface area contributed by atoms with Crippen LogP contribution < -0.4 is 14.2 Å². The number of methoxy groups -OCH3 is 1. The van der Waals surface area contributed by atoms with Gasteiger partial charge in [-0.1, -0.05) is 30.3 Å². The van der Waals surface area contributed by atoms with Crippen molar-refractivity contribution in [1.29, 1.82) is 0 Å². The Bertz CT molecular complexity index is 878. The van der Waals surface area contributed by atoms with E-state index in [1.165, 1.54) is 0 Å². The minimum Gasteiger partial charge on any atom is -0.493 e. The average molecular weight is 427 g/mol. The van der Waals surface area contributed by atoms with E-state index in [0.29, 0.717) is 57.1 Å². The third-order valence-electron chi connectivity index (χ3n) is 5.29. The van der Waals surface area contributed by atoms with Gasteiger partial charge in [0.15, 0.2) is 18.1 Å². The summed E-state index contributed by atoms with van der Waals surface area (Å²) >= 11 is 0. The van der Waals surface area contributed by atoms with E-state index >= 15 is 0 Å². The molecule has 0 saturated carbocycles. The maximum atomic E-state index is 12.5. The van der Waals surface area contributed by atoms with Gasteiger partial charge in [0.2, 0.25) is 5.91 Å². The summed E-state index contributed by atoms with van der Waals surface area (Å²) in [5.41, 5.74) is 1.09. The lowest BCUT2D eigenvalue weighted by atomic mass is 10.2. The normalized spacial score (nSPS) is 13.6. The van der Waals surface area contributed by atoms with Crippen molar-refractivity contribution in [2.75, 3.05) is 46.5 Å². The van der Waals surface area contributed by atoms with Gasteiger partial charge < -0.3 is 24.0 Å². The number of hydrogen-bond acceptors (Lipinski definition) is 5. The molecule has 0 aliphatic carbocycles. The zero-order valence-electron chi connectivity index (χ0n) is 18.2. The molecular weight excluding hydrogens is 396 g/mol. The summed E-state index contributed by atoms with van der Waals surface area (Å²) in [7, 11) is 1.56. The van der Waals surface area contributed by atoms with Gasteiger partial charge in [-0.15, -0.1) is 0 Å². The third kappa shape index (κ3) is 6.38. The number of nitrogens with zero attached hydrogens (tertiary/aromatic N) is 2. The molecule has 0 radical (unpaired) electrons. The van der Waals surface area contributed by atoms with Gasteiger partial charge in [-0.25, -0.2) is 0 Å². The second-order valence-electron chi connectivity index (χ2n) is 7.42. The van der Waals surface area contributed by atoms with E-state index in [2.05, 4.69) is 0 Å². The second kappa shape index (κ2) is 11.2. The fraction of sp³-hybridized carbons (Fsp3) is 0.417. The summed E-state index contributed by atoms with van der Waals surface area (Å²) in [5.74, 6) is 2.00. The van der Waals surface area contributed by atoms with Gasteiger partial charge in [0.1, 0.15) is 5.75 Å². The number of benzene rings is 2. The van der Waals surface area contributed by atoms with Gasteiger partial charge in [-0.05, 0) is 37.1 Å². The fourth-order valence-corrected chi connectivity index (χ4v) is 3.46. The first kappa shape index (κ1) is 22.5. The van der Waals surface area contributed by atoms with Crippen molar-refractivity contribution >= 4 is 11.8 Å². The van der Waals surface area contributed by atoms with Crippen LogP contribution in [0.1, 0.15) is 18.4 Å². The third-order valence-corrected chi connectivity index (χ3v) is 5.29. The van der Waals surface area contributed by atoms with E-state index in [9.17, 15) is 9.59 Å². The van der Waals surface area contributed by atoms with Crippen molar-refractivity contribution < 1.29 is 23.8 Å². The van der Waals surface area contributed by atoms with Crippen molar-refractivity contribution in [2.24, 2.45) is 0 Å². The Balaban J connectivity index is 1.35. The SMILES string of the molecule is COc1ccccc1OCC(=O)N1CCN(C(=O)CCCOc2ccccc2C)CC1. The molecule has 1 fully saturated rings. The highest BCUT2D eigenvalue weighted by Gasteiger charge is 2.24. The lowest BCUT2D eigenvalue weighted by Gasteiger charge is -2.34. The summed E-state index contributed by atoms with van der Waals surface area (Å²) in [6.07, 6.45) is 1.11. The van der Waals surface area contributed by atoms with Crippen LogP contribution in [0.15, 0.2) is 48.5 Å². The quantitative estimate of drug-likeness (QED) is 0.577. The zero-order valence-corrected chi connectivity index (χ0v) is 18.2. The molecule has 2 amide bonds. The van der Waals surface area contributed by atoms with E-state index < -0.39 is 0 Å². The average Bonchev–Trinajstić information content (AvgIpc) is 2.81. The highest BCUT2D eigenvalue weighted by Crippen LogP contribution is 2.25. The molecule has 1 aliphatic heterocycles. The van der Waals surface area contributed by atoms with Crippen LogP contribution in [0.2, 0.25) is 0 Å². The zero-order chi connectivity index (χ0) is 22.1. The van der Waals surface area contributed by atoms with E-state index in [1.54, 1.807) is 24.1 Å². The first-order valence-electron chi connectivity index (χ1n) is 10.6. The van der Waals surface area contributed by atoms with Crippen LogP contribution >= 0.6 is 0 Å². The monoisotopic (exact) mass is 426 g/mol. The van der Waals surface area contributed by atoms with Gasteiger partial charge in [-0.2, -0.15) is 0 Å². The smallest absolute Gasteiger partial charge is 0.260 e. The molecule has 2 aromatic carbocycles. The first-order valence-corrected chi connectivity index (χ1v) is 10.6. The number of carbonyl (C=O) groups excluding carboxylic acids is 2. The Labute approximate surface area is 183 Å². The maximum Gasteiger partial charge on any atom is 0.260 e. The molecule has 1 aliphatic rings. The lowest BCUT2D eigenvalue weighted by Crippen LogP contribution is -2.51. The van der Waals surface area contributed by atoms with Crippen LogP contribution in [0.25, 0.3) is 0 Å². The number of ether oxygens (including phenoxy) is 3. The molecule has 7 heteroatoms. The number of hydrogen-bond donors (Lipinski definition) is 0. The summed E-state index contributed by atoms with van der Waals surface area (Å²) < 4.78 is 16.6. The molecule has 0 bridgehead atoms. The van der Waals surface area contributed by atoms with Gasteiger partial charge in [-0.3, -0.25) is 9.59 Å². The molecule has 166 valence electrons. The predicted molar refractivity (Wildman–Crippen MR) is 118 cm³/mol. The summed E-state index contributed by atoms with van der Waals surface area (Å²) in [6, 6.07) is 15.1. The molecule has 1 heterocycles. The summed E-state index contributed by atoms with van der Waals surface area (Å²) in [6.45, 7) is 4.57. The van der Waals surface area contributed by atoms with Crippen molar-refractivity contribution in [2.45, 2.75) is 19.8 Å². The van der Waals surface area contributed by atoms with Crippen molar-refractivity contribution in [3.05, 3.63) is 54.1 Å². The van der Waals surface area contributed by atoms with Crippen LogP contribution in [-0.2, 0) is 9.59 Å². The lowest BCUT2D eigenvalue weighted by molar-refractivity contribution is -0.140. The molecular formula is C24H30N2O5. The Morgan fingerprint density at radius 1 is 0.806 bits per heavy atom. The van der Waals surface area contributed by atoms with Crippen LogP contribution in [0.3, 0.4) is 0 Å². The number of aryl methyl sites for hydroxylation is 1. The molecule has 0 unspecified atom stereocenters. The number of piperazine rings is 1. The van der Waals surface area contributed by atoms with Gasteiger partial charge in [0.25, 0.3) is 5.91 Å². The van der Waals surface area contributed by atoms with Crippen molar-refractivity contribution in [3.63, 3.8) is 0 Å². The van der Waals surface area contributed by atoms with Crippen LogP contribution in [0.4, 0.5) is 0 Å². The number of amides is 2. The molecule has 3 rings (SSSR count). The van der Waals surface area contributed by atoms with E-state index in [1.807, 2.05) is 48.2 Å². The largest absolute Gasteiger partial charge is 0.493 e. The highest BCUT2D eigenvalue weighted by atomic mass is 16.5. The standard InChI is InChI=1S/C24H30N2O5/c1-19-8-3-4-9-20(19)30-17-7-12-23(27)25-13-15-26(16-14-25)24(28)18-31-22-11-6-5-10-21(22)29-2/h3-6,8-11H,7,12-18H2,1-2H3. The summed E-state index contributed by atoms with van der Waals surface area (Å²) in [5, 5.41) is 0. The Kier molecular flexibility index (Phi) is 8.15. The van der Waals surface area contributed by atoms with Gasteiger partial charge in [0, 0.05) is 32.6 Å². The van der Waals surface area contributed by atoms with Gasteiger partial charge in [0.05, 0.1) is 13.7 Å². The van der Waals surface area contributed by atoms with Crippen LogP contribution in [0.5, 0.6) is 17.2 Å². The molecule has 0 atom stereocenters. The van der Waals surface area contributed by atoms with E-state index in [0.717, 1.165) is 11.3 Å². The summed E-state index contributed by atoms with van der Waals surface area (Å²) in [4.78, 5) is 28.5. The number of para-hydroxylation sites is 3. The molecule has 31 heavy (non-hydrogen) atoms. The minimum absolute atomic E-state index is 0.0510. The molecule has 0 N–H and O–H groups in total. The molecule has 1 saturated heterocycles. The fourth-order valence-electron chi connectivity index (χ4n) is 3.46. The topological polar surface area (TPSA) is 68.3 Å². The molecule has 2 aromatic rings.